The van der Waals surface area contributed by atoms with E-state index in [-0.39, 0.29) is 32.7 Å². The Hall–Kier alpha value is 0.374. The molecule has 0 bridgehead atoms. The van der Waals surface area contributed by atoms with E-state index in [0.717, 1.165) is 0 Å². The number of hydrogen-bond donors (Lipinski definition) is 0. The standard InChI is InChI=1S/3FH.V/h3*1H;/p-3. The van der Waals surface area contributed by atoms with E-state index in [0.29, 0.717) is 0 Å². The van der Waals surface area contributed by atoms with E-state index in [4.69, 9.17) is 0 Å². The van der Waals surface area contributed by atoms with Crippen LogP contribution in [0.2, 0.25) is 0 Å². The molecule has 0 atom stereocenters. The zero-order valence-electron chi connectivity index (χ0n) is 1.58. The normalized spacial score (nSPS) is 0. The van der Waals surface area contributed by atoms with Crippen LogP contribution in [0.1, 0.15) is 0 Å². The van der Waals surface area contributed by atoms with Gasteiger partial charge in [0.05, 0.1) is 0 Å². The predicted octanol–water partition coefficient (Wildman–Crippen LogP) is -8.99. The van der Waals surface area contributed by atoms with Gasteiger partial charge in [0.25, 0.3) is 0 Å². The van der Waals surface area contributed by atoms with Crippen LogP contribution in [0.4, 0.5) is 0 Å². The zero-order valence-corrected chi connectivity index (χ0v) is 2.98. The average molecular weight is 108 g/mol. The van der Waals surface area contributed by atoms with Crippen LogP contribution in [0, 0.1) is 0 Å². The smallest absolute Gasteiger partial charge is 0 e. The van der Waals surface area contributed by atoms with E-state index in [1.54, 1.807) is 0 Å². The molecule has 0 aliphatic carbocycles. The maximum Gasteiger partial charge on any atom is 0 e. The molecule has 0 N–H and O–H groups in total. The summed E-state index contributed by atoms with van der Waals surface area (Å²) < 4.78 is 0. The second-order valence-electron chi connectivity index (χ2n) is 0. The van der Waals surface area contributed by atoms with Gasteiger partial charge < -0.3 is 14.1 Å². The van der Waals surface area contributed by atoms with Crippen LogP contribution in [0.15, 0.2) is 0 Å². The SMILES string of the molecule is [F-].[F-].[F-].[V]. The Bertz CT molecular complexity index is 3.25. The maximum atomic E-state index is 0. The molecule has 0 unspecified atom stereocenters. The Morgan fingerprint density at radius 2 is 0.500 bits per heavy atom. The summed E-state index contributed by atoms with van der Waals surface area (Å²) in [6.07, 6.45) is 0. The first-order chi connectivity index (χ1) is 0. The van der Waals surface area contributed by atoms with E-state index in [2.05, 4.69) is 0 Å². The minimum atomic E-state index is 0. The van der Waals surface area contributed by atoms with Crippen molar-refractivity contribution in [3.63, 3.8) is 0 Å². The monoisotopic (exact) mass is 108 g/mol. The summed E-state index contributed by atoms with van der Waals surface area (Å²) >= 11 is 0. The molecule has 4 heavy (non-hydrogen) atoms. The summed E-state index contributed by atoms with van der Waals surface area (Å²) in [5.41, 5.74) is 0. The third kappa shape index (κ3) is 32.0. The molecule has 0 heterocycles. The van der Waals surface area contributed by atoms with Crippen molar-refractivity contribution in [2.45, 2.75) is 0 Å². The Kier molecular flexibility index (Phi) is 12100. The van der Waals surface area contributed by atoms with Crippen molar-refractivity contribution in [2.24, 2.45) is 0 Å². The Morgan fingerprint density at radius 3 is 0.500 bits per heavy atom. The third-order valence-corrected chi connectivity index (χ3v) is 0. The summed E-state index contributed by atoms with van der Waals surface area (Å²) in [6, 6.07) is 0. The van der Waals surface area contributed by atoms with Gasteiger partial charge in [-0.25, -0.2) is 0 Å². The van der Waals surface area contributed by atoms with Gasteiger partial charge in [0.2, 0.25) is 0 Å². The van der Waals surface area contributed by atoms with Gasteiger partial charge in [0.15, 0.2) is 0 Å². The molecule has 0 aliphatic heterocycles. The summed E-state index contributed by atoms with van der Waals surface area (Å²) in [5, 5.41) is 0. The van der Waals surface area contributed by atoms with E-state index in [1.165, 1.54) is 0 Å². The van der Waals surface area contributed by atoms with Crippen molar-refractivity contribution < 1.29 is 32.7 Å². The molecule has 0 aliphatic rings. The number of hydrogen-bond acceptors (Lipinski definition) is 0. The van der Waals surface area contributed by atoms with Crippen LogP contribution >= 0.6 is 0 Å². The molecular formula is F3V-3. The van der Waals surface area contributed by atoms with Gasteiger partial charge in [-0.1, -0.05) is 0 Å². The molecule has 0 rings (SSSR count). The molecule has 0 nitrogen and oxygen atoms in total. The fourth-order valence-corrected chi connectivity index (χ4v) is 0. The fourth-order valence-electron chi connectivity index (χ4n) is 0. The van der Waals surface area contributed by atoms with Crippen molar-refractivity contribution in [1.29, 1.82) is 0 Å². The van der Waals surface area contributed by atoms with Gasteiger partial charge in [-0.15, -0.1) is 0 Å². The first-order valence-corrected chi connectivity index (χ1v) is 0. The molecule has 0 spiro atoms. The van der Waals surface area contributed by atoms with Crippen LogP contribution in [-0.4, -0.2) is 0 Å². The van der Waals surface area contributed by atoms with Gasteiger partial charge in [0, 0.05) is 18.6 Å². The minimum absolute atomic E-state index is 0. The summed E-state index contributed by atoms with van der Waals surface area (Å²) in [5.74, 6) is 0. The van der Waals surface area contributed by atoms with E-state index in [9.17, 15) is 0 Å². The van der Waals surface area contributed by atoms with Crippen LogP contribution in [-0.2, 0) is 18.6 Å². The Morgan fingerprint density at radius 1 is 0.500 bits per heavy atom. The molecule has 0 saturated carbocycles. The second kappa shape index (κ2) is 136. The molecule has 0 aromatic heterocycles. The van der Waals surface area contributed by atoms with Crippen LogP contribution in [0.25, 0.3) is 0 Å². The second-order valence-corrected chi connectivity index (χ2v) is 0. The van der Waals surface area contributed by atoms with Crippen molar-refractivity contribution in [3.05, 3.63) is 0 Å². The van der Waals surface area contributed by atoms with Gasteiger partial charge >= 0.3 is 0 Å². The van der Waals surface area contributed by atoms with Crippen LogP contribution in [0.5, 0.6) is 0 Å². The molecule has 0 amide bonds. The fraction of sp³-hybridized carbons (Fsp3) is 0. The van der Waals surface area contributed by atoms with Crippen LogP contribution in [0.3, 0.4) is 0 Å². The Balaban J connectivity index is 0. The molecular weight excluding hydrogens is 108 g/mol. The quantitative estimate of drug-likeness (QED) is 0.289. The van der Waals surface area contributed by atoms with E-state index >= 15 is 0 Å². The number of rotatable bonds is 0. The van der Waals surface area contributed by atoms with Crippen molar-refractivity contribution >= 4 is 0 Å². The van der Waals surface area contributed by atoms with Gasteiger partial charge in [-0.05, 0) is 0 Å². The van der Waals surface area contributed by atoms with Gasteiger partial charge in [-0.3, -0.25) is 0 Å². The topological polar surface area (TPSA) is 0 Å². The molecule has 29 valence electrons. The predicted molar refractivity (Wildman–Crippen MR) is 0 cm³/mol. The zero-order chi connectivity index (χ0) is 0. The van der Waals surface area contributed by atoms with Crippen molar-refractivity contribution in [1.82, 2.24) is 0 Å². The summed E-state index contributed by atoms with van der Waals surface area (Å²) in [6.45, 7) is 0. The van der Waals surface area contributed by atoms with Gasteiger partial charge in [-0.2, -0.15) is 0 Å². The van der Waals surface area contributed by atoms with Crippen molar-refractivity contribution in [2.75, 3.05) is 0 Å². The van der Waals surface area contributed by atoms with Gasteiger partial charge in [0.1, 0.15) is 0 Å². The molecule has 4 heteroatoms. The van der Waals surface area contributed by atoms with Crippen molar-refractivity contribution in [3.8, 4) is 0 Å². The molecule has 0 aromatic rings. The molecule has 0 fully saturated rings. The minimum Gasteiger partial charge on any atom is -1.00 e. The average Bonchev–Trinajstić information content (AvgIpc) is 0. The Labute approximate surface area is 33.6 Å². The van der Waals surface area contributed by atoms with E-state index in [1.807, 2.05) is 0 Å². The molecule has 0 saturated heterocycles. The first-order valence-electron chi connectivity index (χ1n) is 0. The van der Waals surface area contributed by atoms with E-state index < -0.39 is 0 Å². The first kappa shape index (κ1) is 355. The summed E-state index contributed by atoms with van der Waals surface area (Å²) in [7, 11) is 0. The maximum absolute atomic E-state index is 0. The largest absolute Gasteiger partial charge is 1.00 e. The summed E-state index contributed by atoms with van der Waals surface area (Å²) in [4.78, 5) is 0. The molecule has 1 radical (unpaired) electrons. The number of halogens is 3. The van der Waals surface area contributed by atoms with Crippen LogP contribution < -0.4 is 14.1 Å². The third-order valence-electron chi connectivity index (χ3n) is 0. The molecule has 0 aromatic carbocycles.